The van der Waals surface area contributed by atoms with Crippen molar-refractivity contribution in [3.8, 4) is 6.01 Å². The van der Waals surface area contributed by atoms with Gasteiger partial charge in [0.05, 0.1) is 7.11 Å². The third-order valence-corrected chi connectivity index (χ3v) is 1.25. The molecule has 0 bridgehead atoms. The second-order valence-electron chi connectivity index (χ2n) is 2.11. The molecule has 1 aromatic heterocycles. The zero-order valence-electron chi connectivity index (χ0n) is 6.66. The van der Waals surface area contributed by atoms with Crippen molar-refractivity contribution in [1.29, 1.82) is 0 Å². The topological polar surface area (TPSA) is 47.0 Å². The predicted octanol–water partition coefficient (Wildman–Crippen LogP) is 0.205. The maximum atomic E-state index is 4.80. The number of hydrogen-bond acceptors (Lipinski definition) is 4. The highest BCUT2D eigenvalue weighted by atomic mass is 16.5. The van der Waals surface area contributed by atoms with Gasteiger partial charge in [-0.05, 0) is 7.05 Å². The summed E-state index contributed by atoms with van der Waals surface area (Å²) in [6.45, 7) is 0.782. The van der Waals surface area contributed by atoms with E-state index in [1.807, 2.05) is 7.05 Å². The van der Waals surface area contributed by atoms with Gasteiger partial charge in [0.25, 0.3) is 0 Å². The molecule has 0 radical (unpaired) electrons. The summed E-state index contributed by atoms with van der Waals surface area (Å²) in [5, 5.41) is 3.00. The summed E-state index contributed by atoms with van der Waals surface area (Å²) in [5.41, 5.74) is 1.05. The van der Waals surface area contributed by atoms with E-state index in [-0.39, 0.29) is 0 Å². The van der Waals surface area contributed by atoms with Crippen LogP contribution in [0.1, 0.15) is 5.56 Å². The van der Waals surface area contributed by atoms with Gasteiger partial charge < -0.3 is 10.1 Å². The van der Waals surface area contributed by atoms with Crippen LogP contribution in [0, 0.1) is 0 Å². The third kappa shape index (κ3) is 2.16. The highest BCUT2D eigenvalue weighted by molar-refractivity contribution is 5.06. The van der Waals surface area contributed by atoms with E-state index in [1.165, 1.54) is 0 Å². The van der Waals surface area contributed by atoms with Gasteiger partial charge in [-0.15, -0.1) is 0 Å². The number of nitrogens with zero attached hydrogens (tertiary/aromatic N) is 2. The minimum Gasteiger partial charge on any atom is -0.467 e. The largest absolute Gasteiger partial charge is 0.467 e. The van der Waals surface area contributed by atoms with Gasteiger partial charge in [-0.3, -0.25) is 0 Å². The first kappa shape index (κ1) is 7.94. The first-order valence-corrected chi connectivity index (χ1v) is 3.36. The summed E-state index contributed by atoms with van der Waals surface area (Å²) in [6, 6.07) is 0.407. The maximum absolute atomic E-state index is 4.80. The molecule has 4 heteroatoms. The van der Waals surface area contributed by atoms with E-state index >= 15 is 0 Å². The summed E-state index contributed by atoms with van der Waals surface area (Å²) < 4.78 is 4.80. The average Bonchev–Trinajstić information content (AvgIpc) is 2.07. The number of nitrogens with one attached hydrogen (secondary N) is 1. The van der Waals surface area contributed by atoms with E-state index in [9.17, 15) is 0 Å². The number of aromatic nitrogens is 2. The van der Waals surface area contributed by atoms with Gasteiger partial charge in [-0.1, -0.05) is 0 Å². The van der Waals surface area contributed by atoms with Gasteiger partial charge in [0.1, 0.15) is 0 Å². The average molecular weight is 153 g/mol. The lowest BCUT2D eigenvalue weighted by atomic mass is 10.3. The van der Waals surface area contributed by atoms with Gasteiger partial charge in [0.2, 0.25) is 0 Å². The molecular formula is C7H11N3O. The standard InChI is InChI=1S/C7H11N3O/c1-8-3-6-4-9-7(11-2)10-5-6/h4-5,8H,3H2,1-2H3. The van der Waals surface area contributed by atoms with Crippen LogP contribution < -0.4 is 10.1 Å². The molecule has 0 atom stereocenters. The molecule has 0 unspecified atom stereocenters. The molecule has 0 amide bonds. The third-order valence-electron chi connectivity index (χ3n) is 1.25. The van der Waals surface area contributed by atoms with E-state index in [1.54, 1.807) is 19.5 Å². The molecule has 11 heavy (non-hydrogen) atoms. The van der Waals surface area contributed by atoms with Gasteiger partial charge in [-0.25, -0.2) is 9.97 Å². The minimum absolute atomic E-state index is 0.407. The molecule has 0 fully saturated rings. The SMILES string of the molecule is CNCc1cnc(OC)nc1. The van der Waals surface area contributed by atoms with Gasteiger partial charge in [0, 0.05) is 24.5 Å². The monoisotopic (exact) mass is 153 g/mol. The lowest BCUT2D eigenvalue weighted by Crippen LogP contribution is -2.06. The first-order valence-electron chi connectivity index (χ1n) is 3.36. The van der Waals surface area contributed by atoms with Crippen molar-refractivity contribution in [1.82, 2.24) is 15.3 Å². The summed E-state index contributed by atoms with van der Waals surface area (Å²) in [7, 11) is 3.43. The number of methoxy groups -OCH3 is 1. The van der Waals surface area contributed by atoms with Crippen molar-refractivity contribution in [3.05, 3.63) is 18.0 Å². The Hall–Kier alpha value is -1.16. The second kappa shape index (κ2) is 3.88. The molecule has 0 aromatic carbocycles. The lowest BCUT2D eigenvalue weighted by molar-refractivity contribution is 0.379. The fourth-order valence-electron chi connectivity index (χ4n) is 0.744. The molecule has 0 spiro atoms. The van der Waals surface area contributed by atoms with Crippen molar-refractivity contribution >= 4 is 0 Å². The van der Waals surface area contributed by atoms with Crippen LogP contribution in [0.4, 0.5) is 0 Å². The Morgan fingerprint density at radius 3 is 2.55 bits per heavy atom. The van der Waals surface area contributed by atoms with E-state index in [0.29, 0.717) is 6.01 Å². The Bertz CT molecular complexity index is 209. The smallest absolute Gasteiger partial charge is 0.316 e. The first-order chi connectivity index (χ1) is 5.36. The van der Waals surface area contributed by atoms with Crippen LogP contribution in [0.15, 0.2) is 12.4 Å². The van der Waals surface area contributed by atoms with Gasteiger partial charge >= 0.3 is 6.01 Å². The van der Waals surface area contributed by atoms with Crippen LogP contribution in [0.25, 0.3) is 0 Å². The molecule has 1 N–H and O–H groups in total. The number of rotatable bonds is 3. The molecule has 1 rings (SSSR count). The molecular weight excluding hydrogens is 142 g/mol. The van der Waals surface area contributed by atoms with Gasteiger partial charge in [-0.2, -0.15) is 0 Å². The Balaban J connectivity index is 2.66. The molecule has 60 valence electrons. The Kier molecular flexibility index (Phi) is 2.80. The molecule has 0 aliphatic rings. The van der Waals surface area contributed by atoms with Crippen LogP contribution in [0.5, 0.6) is 6.01 Å². The summed E-state index contributed by atoms with van der Waals surface area (Å²) in [6.07, 6.45) is 3.48. The van der Waals surface area contributed by atoms with Crippen molar-refractivity contribution in [2.24, 2.45) is 0 Å². The van der Waals surface area contributed by atoms with E-state index < -0.39 is 0 Å². The summed E-state index contributed by atoms with van der Waals surface area (Å²) >= 11 is 0. The molecule has 0 saturated heterocycles. The minimum atomic E-state index is 0.407. The van der Waals surface area contributed by atoms with Crippen LogP contribution in [-0.2, 0) is 6.54 Å². The van der Waals surface area contributed by atoms with Crippen LogP contribution in [0.3, 0.4) is 0 Å². The van der Waals surface area contributed by atoms with E-state index in [0.717, 1.165) is 12.1 Å². The second-order valence-corrected chi connectivity index (χ2v) is 2.11. The maximum Gasteiger partial charge on any atom is 0.316 e. The molecule has 0 aliphatic carbocycles. The molecule has 1 heterocycles. The highest BCUT2D eigenvalue weighted by Gasteiger charge is 1.93. The van der Waals surface area contributed by atoms with Crippen LogP contribution in [0.2, 0.25) is 0 Å². The predicted molar refractivity (Wildman–Crippen MR) is 41.3 cm³/mol. The van der Waals surface area contributed by atoms with Crippen molar-refractivity contribution < 1.29 is 4.74 Å². The quantitative estimate of drug-likeness (QED) is 0.674. The molecule has 0 saturated carbocycles. The Morgan fingerprint density at radius 2 is 2.09 bits per heavy atom. The Morgan fingerprint density at radius 1 is 1.45 bits per heavy atom. The summed E-state index contributed by atoms with van der Waals surface area (Å²) in [4.78, 5) is 7.88. The fraction of sp³-hybridized carbons (Fsp3) is 0.429. The lowest BCUT2D eigenvalue weighted by Gasteiger charge is -1.99. The molecule has 1 aromatic rings. The van der Waals surface area contributed by atoms with Crippen molar-refractivity contribution in [2.45, 2.75) is 6.54 Å². The molecule has 0 aliphatic heterocycles. The van der Waals surface area contributed by atoms with E-state index in [2.05, 4.69) is 15.3 Å². The highest BCUT2D eigenvalue weighted by Crippen LogP contribution is 2.00. The Labute approximate surface area is 65.6 Å². The van der Waals surface area contributed by atoms with Gasteiger partial charge in [0.15, 0.2) is 0 Å². The number of hydrogen-bond donors (Lipinski definition) is 1. The zero-order chi connectivity index (χ0) is 8.10. The number of ether oxygens (including phenoxy) is 1. The van der Waals surface area contributed by atoms with Crippen molar-refractivity contribution in [3.63, 3.8) is 0 Å². The van der Waals surface area contributed by atoms with Crippen molar-refractivity contribution in [2.75, 3.05) is 14.2 Å². The molecule has 4 nitrogen and oxygen atoms in total. The summed E-state index contributed by atoms with van der Waals surface area (Å²) in [5.74, 6) is 0. The zero-order valence-corrected chi connectivity index (χ0v) is 6.66. The normalized spacial score (nSPS) is 9.64. The fourth-order valence-corrected chi connectivity index (χ4v) is 0.744. The van der Waals surface area contributed by atoms with Crippen LogP contribution >= 0.6 is 0 Å². The van der Waals surface area contributed by atoms with E-state index in [4.69, 9.17) is 4.74 Å². The van der Waals surface area contributed by atoms with Crippen LogP contribution in [-0.4, -0.2) is 24.1 Å².